The second-order valence-corrected chi connectivity index (χ2v) is 5.81. The van der Waals surface area contributed by atoms with Crippen LogP contribution in [0.15, 0.2) is 24.3 Å². The first-order valence-electron chi connectivity index (χ1n) is 7.56. The lowest BCUT2D eigenvalue weighted by atomic mass is 9.85. The molecule has 2 rings (SSSR count). The van der Waals surface area contributed by atoms with E-state index in [9.17, 15) is 0 Å². The van der Waals surface area contributed by atoms with Gasteiger partial charge in [0.1, 0.15) is 0 Å². The molecule has 1 aliphatic rings. The average molecular weight is 245 g/mol. The Morgan fingerprint density at radius 1 is 1.28 bits per heavy atom. The van der Waals surface area contributed by atoms with Crippen molar-refractivity contribution in [3.63, 3.8) is 0 Å². The van der Waals surface area contributed by atoms with Gasteiger partial charge in [0, 0.05) is 0 Å². The zero-order valence-corrected chi connectivity index (χ0v) is 11.9. The van der Waals surface area contributed by atoms with Gasteiger partial charge in [-0.3, -0.25) is 0 Å². The minimum Gasteiger partial charge on any atom is -0.317 e. The third-order valence-electron chi connectivity index (χ3n) is 4.30. The number of rotatable bonds is 6. The molecule has 0 heterocycles. The molecule has 1 fully saturated rings. The number of hydrogen-bond acceptors (Lipinski definition) is 1. The number of benzene rings is 1. The summed E-state index contributed by atoms with van der Waals surface area (Å²) < 4.78 is 0. The van der Waals surface area contributed by atoms with Gasteiger partial charge in [-0.05, 0) is 43.8 Å². The standard InChI is InChI=1S/C17H27N/c1-3-18-13-17(16-9-4-5-10-16)12-15-8-6-7-14(2)11-15/h6-8,11,16-18H,3-5,9-10,12-13H2,1-2H3. The quantitative estimate of drug-likeness (QED) is 0.800. The lowest BCUT2D eigenvalue weighted by Crippen LogP contribution is -2.28. The lowest BCUT2D eigenvalue weighted by Gasteiger charge is -2.24. The first-order valence-corrected chi connectivity index (χ1v) is 7.56. The molecule has 0 amide bonds. The summed E-state index contributed by atoms with van der Waals surface area (Å²) in [5.41, 5.74) is 2.91. The first-order chi connectivity index (χ1) is 8.79. The summed E-state index contributed by atoms with van der Waals surface area (Å²) in [6.45, 7) is 6.68. The largest absolute Gasteiger partial charge is 0.317 e. The van der Waals surface area contributed by atoms with Crippen LogP contribution in [0.1, 0.15) is 43.7 Å². The third-order valence-corrected chi connectivity index (χ3v) is 4.30. The Hall–Kier alpha value is -0.820. The summed E-state index contributed by atoms with van der Waals surface area (Å²) in [5.74, 6) is 1.78. The molecule has 1 aromatic rings. The minimum absolute atomic E-state index is 0.828. The maximum atomic E-state index is 3.56. The predicted octanol–water partition coefficient (Wildman–Crippen LogP) is 3.95. The van der Waals surface area contributed by atoms with Crippen molar-refractivity contribution in [1.29, 1.82) is 0 Å². The molecule has 0 aromatic heterocycles. The number of aryl methyl sites for hydroxylation is 1. The van der Waals surface area contributed by atoms with E-state index in [0.717, 1.165) is 18.4 Å². The molecule has 1 aromatic carbocycles. The van der Waals surface area contributed by atoms with Gasteiger partial charge in [-0.25, -0.2) is 0 Å². The maximum absolute atomic E-state index is 3.56. The zero-order chi connectivity index (χ0) is 12.8. The van der Waals surface area contributed by atoms with Crippen LogP contribution in [0.25, 0.3) is 0 Å². The van der Waals surface area contributed by atoms with Crippen LogP contribution in [0.4, 0.5) is 0 Å². The number of nitrogens with one attached hydrogen (secondary N) is 1. The predicted molar refractivity (Wildman–Crippen MR) is 78.9 cm³/mol. The van der Waals surface area contributed by atoms with Crippen molar-refractivity contribution in [2.24, 2.45) is 11.8 Å². The van der Waals surface area contributed by atoms with Crippen LogP contribution in [-0.4, -0.2) is 13.1 Å². The van der Waals surface area contributed by atoms with Crippen LogP contribution in [0.5, 0.6) is 0 Å². The highest BCUT2D eigenvalue weighted by atomic mass is 14.8. The normalized spacial score (nSPS) is 18.1. The van der Waals surface area contributed by atoms with Crippen molar-refractivity contribution in [1.82, 2.24) is 5.32 Å². The van der Waals surface area contributed by atoms with E-state index in [1.54, 1.807) is 0 Å². The summed E-state index contributed by atoms with van der Waals surface area (Å²) in [4.78, 5) is 0. The van der Waals surface area contributed by atoms with Gasteiger partial charge in [0.2, 0.25) is 0 Å². The average Bonchev–Trinajstić information content (AvgIpc) is 2.88. The van der Waals surface area contributed by atoms with Crippen LogP contribution in [0.2, 0.25) is 0 Å². The van der Waals surface area contributed by atoms with E-state index in [-0.39, 0.29) is 0 Å². The highest BCUT2D eigenvalue weighted by Gasteiger charge is 2.24. The van der Waals surface area contributed by atoms with E-state index < -0.39 is 0 Å². The molecule has 1 unspecified atom stereocenters. The first kappa shape index (κ1) is 13.6. The molecule has 100 valence electrons. The molecule has 1 atom stereocenters. The Morgan fingerprint density at radius 3 is 2.72 bits per heavy atom. The molecule has 1 heteroatoms. The Labute approximate surface area is 112 Å². The fourth-order valence-corrected chi connectivity index (χ4v) is 3.31. The Morgan fingerprint density at radius 2 is 2.06 bits per heavy atom. The highest BCUT2D eigenvalue weighted by molar-refractivity contribution is 5.22. The van der Waals surface area contributed by atoms with Gasteiger partial charge in [-0.1, -0.05) is 62.4 Å². The van der Waals surface area contributed by atoms with Crippen molar-refractivity contribution in [2.75, 3.05) is 13.1 Å². The van der Waals surface area contributed by atoms with E-state index >= 15 is 0 Å². The fourth-order valence-electron chi connectivity index (χ4n) is 3.31. The van der Waals surface area contributed by atoms with E-state index in [4.69, 9.17) is 0 Å². The molecule has 0 bridgehead atoms. The molecule has 1 saturated carbocycles. The highest BCUT2D eigenvalue weighted by Crippen LogP contribution is 2.33. The van der Waals surface area contributed by atoms with Crippen molar-refractivity contribution < 1.29 is 0 Å². The van der Waals surface area contributed by atoms with E-state index in [0.29, 0.717) is 0 Å². The molecule has 1 N–H and O–H groups in total. The summed E-state index contributed by atoms with van der Waals surface area (Å²) in [7, 11) is 0. The van der Waals surface area contributed by atoms with Crippen molar-refractivity contribution in [3.05, 3.63) is 35.4 Å². The van der Waals surface area contributed by atoms with Crippen molar-refractivity contribution >= 4 is 0 Å². The van der Waals surface area contributed by atoms with Crippen LogP contribution in [-0.2, 0) is 6.42 Å². The summed E-state index contributed by atoms with van der Waals surface area (Å²) >= 11 is 0. The fraction of sp³-hybridized carbons (Fsp3) is 0.647. The Bertz CT molecular complexity index is 352. The third kappa shape index (κ3) is 3.84. The molecular formula is C17H27N. The van der Waals surface area contributed by atoms with Gasteiger partial charge < -0.3 is 5.32 Å². The summed E-state index contributed by atoms with van der Waals surface area (Å²) in [5, 5.41) is 3.56. The van der Waals surface area contributed by atoms with Gasteiger partial charge in [0.05, 0.1) is 0 Å². The molecule has 0 saturated heterocycles. The smallest absolute Gasteiger partial charge is 0.00148 e. The van der Waals surface area contributed by atoms with Crippen LogP contribution < -0.4 is 5.32 Å². The molecule has 1 aliphatic carbocycles. The summed E-state index contributed by atoms with van der Waals surface area (Å²) in [6.07, 6.45) is 7.03. The zero-order valence-electron chi connectivity index (χ0n) is 11.9. The maximum Gasteiger partial charge on any atom is -0.00148 e. The van der Waals surface area contributed by atoms with Crippen LogP contribution in [0.3, 0.4) is 0 Å². The molecule has 0 spiro atoms. The van der Waals surface area contributed by atoms with Crippen molar-refractivity contribution in [2.45, 2.75) is 46.0 Å². The van der Waals surface area contributed by atoms with Crippen LogP contribution in [0, 0.1) is 18.8 Å². The molecular weight excluding hydrogens is 218 g/mol. The molecule has 1 nitrogen and oxygen atoms in total. The van der Waals surface area contributed by atoms with Gasteiger partial charge in [-0.15, -0.1) is 0 Å². The lowest BCUT2D eigenvalue weighted by molar-refractivity contribution is 0.323. The topological polar surface area (TPSA) is 12.0 Å². The van der Waals surface area contributed by atoms with Gasteiger partial charge in [-0.2, -0.15) is 0 Å². The molecule has 0 aliphatic heterocycles. The van der Waals surface area contributed by atoms with Crippen molar-refractivity contribution in [3.8, 4) is 0 Å². The Balaban J connectivity index is 1.99. The van der Waals surface area contributed by atoms with Gasteiger partial charge >= 0.3 is 0 Å². The van der Waals surface area contributed by atoms with E-state index in [1.165, 1.54) is 49.8 Å². The number of hydrogen-bond donors (Lipinski definition) is 1. The minimum atomic E-state index is 0.828. The summed E-state index contributed by atoms with van der Waals surface area (Å²) in [6, 6.07) is 9.04. The van der Waals surface area contributed by atoms with Gasteiger partial charge in [0.25, 0.3) is 0 Å². The monoisotopic (exact) mass is 245 g/mol. The molecule has 0 radical (unpaired) electrons. The Kier molecular flexibility index (Phi) is 5.25. The van der Waals surface area contributed by atoms with Gasteiger partial charge in [0.15, 0.2) is 0 Å². The second kappa shape index (κ2) is 6.94. The van der Waals surface area contributed by atoms with Crippen LogP contribution >= 0.6 is 0 Å². The molecule has 18 heavy (non-hydrogen) atoms. The van der Waals surface area contributed by atoms with E-state index in [2.05, 4.69) is 43.4 Å². The second-order valence-electron chi connectivity index (χ2n) is 5.81. The SMILES string of the molecule is CCNCC(Cc1cccc(C)c1)C1CCCC1. The van der Waals surface area contributed by atoms with E-state index in [1.807, 2.05) is 0 Å².